The molecule has 19 heavy (non-hydrogen) atoms. The van der Waals surface area contributed by atoms with Gasteiger partial charge in [-0.3, -0.25) is 4.98 Å². The molecule has 1 fully saturated rings. The normalized spacial score (nSPS) is 19.5. The van der Waals surface area contributed by atoms with Gasteiger partial charge in [0.25, 0.3) is 0 Å². The lowest BCUT2D eigenvalue weighted by Gasteiger charge is -2.21. The van der Waals surface area contributed by atoms with Crippen molar-refractivity contribution in [2.75, 3.05) is 19.7 Å². The lowest BCUT2D eigenvalue weighted by atomic mass is 10.2. The minimum absolute atomic E-state index is 0.125. The largest absolute Gasteiger partial charge is 0.375 e. The lowest BCUT2D eigenvalue weighted by Crippen LogP contribution is -2.39. The van der Waals surface area contributed by atoms with Crippen molar-refractivity contribution in [2.24, 2.45) is 0 Å². The molecule has 2 aromatic rings. The summed E-state index contributed by atoms with van der Waals surface area (Å²) in [5, 5.41) is 7.27. The number of nitrogens with one attached hydrogen (secondary N) is 1. The van der Waals surface area contributed by atoms with Gasteiger partial charge in [-0.25, -0.2) is 0 Å². The highest BCUT2D eigenvalue weighted by Crippen LogP contribution is 2.09. The van der Waals surface area contributed by atoms with Crippen molar-refractivity contribution in [3.05, 3.63) is 41.8 Å². The van der Waals surface area contributed by atoms with Crippen LogP contribution in [-0.2, 0) is 17.6 Å². The molecule has 1 N–H and O–H groups in total. The van der Waals surface area contributed by atoms with E-state index in [2.05, 4.69) is 20.4 Å². The van der Waals surface area contributed by atoms with Crippen molar-refractivity contribution in [3.8, 4) is 0 Å². The van der Waals surface area contributed by atoms with Gasteiger partial charge < -0.3 is 14.6 Å². The molecule has 1 unspecified atom stereocenters. The molecule has 6 heteroatoms. The van der Waals surface area contributed by atoms with E-state index in [-0.39, 0.29) is 6.10 Å². The Bertz CT molecular complexity index is 508. The van der Waals surface area contributed by atoms with Crippen LogP contribution in [0, 0.1) is 0 Å². The van der Waals surface area contributed by atoms with Crippen LogP contribution >= 0.6 is 0 Å². The second-order valence-corrected chi connectivity index (χ2v) is 4.54. The quantitative estimate of drug-likeness (QED) is 0.867. The molecule has 0 spiro atoms. The smallest absolute Gasteiger partial charge is 0.229 e. The zero-order valence-corrected chi connectivity index (χ0v) is 10.6. The summed E-state index contributed by atoms with van der Waals surface area (Å²) in [5.41, 5.74) is 1.07. The molecule has 100 valence electrons. The molecular weight excluding hydrogens is 244 g/mol. The second-order valence-electron chi connectivity index (χ2n) is 4.54. The maximum atomic E-state index is 5.61. The molecule has 0 aliphatic carbocycles. The summed E-state index contributed by atoms with van der Waals surface area (Å²) < 4.78 is 10.9. The van der Waals surface area contributed by atoms with Crippen LogP contribution in [0.2, 0.25) is 0 Å². The zero-order chi connectivity index (χ0) is 12.9. The highest BCUT2D eigenvalue weighted by atomic mass is 16.5. The van der Waals surface area contributed by atoms with E-state index in [1.165, 1.54) is 0 Å². The third-order valence-corrected chi connectivity index (χ3v) is 3.00. The maximum Gasteiger partial charge on any atom is 0.229 e. The number of morpholine rings is 1. The summed E-state index contributed by atoms with van der Waals surface area (Å²) in [4.78, 5) is 8.45. The Morgan fingerprint density at radius 2 is 2.42 bits per heavy atom. The monoisotopic (exact) mass is 260 g/mol. The summed E-state index contributed by atoms with van der Waals surface area (Å²) in [6, 6.07) is 3.90. The van der Waals surface area contributed by atoms with Crippen LogP contribution in [0.4, 0.5) is 0 Å². The molecule has 2 aromatic heterocycles. The van der Waals surface area contributed by atoms with E-state index in [0.717, 1.165) is 25.3 Å². The molecule has 0 bridgehead atoms. The third kappa shape index (κ3) is 3.36. The van der Waals surface area contributed by atoms with Crippen LogP contribution in [-0.4, -0.2) is 40.9 Å². The van der Waals surface area contributed by atoms with E-state index in [0.29, 0.717) is 24.6 Å². The van der Waals surface area contributed by atoms with Gasteiger partial charge in [0.2, 0.25) is 5.89 Å². The minimum atomic E-state index is 0.125. The molecule has 0 radical (unpaired) electrons. The van der Waals surface area contributed by atoms with Gasteiger partial charge in [0, 0.05) is 31.9 Å². The number of aromatic nitrogens is 3. The molecule has 3 heterocycles. The van der Waals surface area contributed by atoms with Crippen molar-refractivity contribution in [1.29, 1.82) is 0 Å². The molecule has 0 amide bonds. The van der Waals surface area contributed by atoms with Crippen LogP contribution in [0.25, 0.3) is 0 Å². The molecule has 6 nitrogen and oxygen atoms in total. The second kappa shape index (κ2) is 5.90. The standard InChI is InChI=1S/C13H16N4O2/c1-2-10(8-14-3-1)6-12-16-13(19-17-12)7-11-9-15-4-5-18-11/h1-3,8,11,15H,4-7,9H2. The van der Waals surface area contributed by atoms with Crippen LogP contribution in [0.1, 0.15) is 17.3 Å². The van der Waals surface area contributed by atoms with E-state index in [9.17, 15) is 0 Å². The number of rotatable bonds is 4. The van der Waals surface area contributed by atoms with E-state index in [4.69, 9.17) is 9.26 Å². The first-order chi connectivity index (χ1) is 9.40. The summed E-state index contributed by atoms with van der Waals surface area (Å²) in [7, 11) is 0. The Morgan fingerprint density at radius 3 is 3.21 bits per heavy atom. The van der Waals surface area contributed by atoms with Gasteiger partial charge >= 0.3 is 0 Å². The predicted molar refractivity (Wildman–Crippen MR) is 67.7 cm³/mol. The predicted octanol–water partition coefficient (Wildman–Crippen LogP) is 0.586. The Morgan fingerprint density at radius 1 is 1.42 bits per heavy atom. The fourth-order valence-electron chi connectivity index (χ4n) is 2.08. The molecule has 1 atom stereocenters. The van der Waals surface area contributed by atoms with E-state index >= 15 is 0 Å². The van der Waals surface area contributed by atoms with Crippen molar-refractivity contribution in [3.63, 3.8) is 0 Å². The Balaban J connectivity index is 1.59. The SMILES string of the molecule is c1cncc(Cc2noc(CC3CNCCO3)n2)c1. The van der Waals surface area contributed by atoms with Crippen LogP contribution in [0.15, 0.2) is 29.0 Å². The van der Waals surface area contributed by atoms with Gasteiger partial charge in [0.1, 0.15) is 0 Å². The van der Waals surface area contributed by atoms with E-state index in [1.807, 2.05) is 18.3 Å². The van der Waals surface area contributed by atoms with Gasteiger partial charge in [0.05, 0.1) is 19.1 Å². The Kier molecular flexibility index (Phi) is 3.81. The Hall–Kier alpha value is -1.79. The molecule has 1 saturated heterocycles. The van der Waals surface area contributed by atoms with Crippen LogP contribution in [0.5, 0.6) is 0 Å². The third-order valence-electron chi connectivity index (χ3n) is 3.00. The van der Waals surface area contributed by atoms with Crippen LogP contribution < -0.4 is 5.32 Å². The number of hydrogen-bond acceptors (Lipinski definition) is 6. The fraction of sp³-hybridized carbons (Fsp3) is 0.462. The number of ether oxygens (including phenoxy) is 1. The first kappa shape index (κ1) is 12.3. The number of hydrogen-bond donors (Lipinski definition) is 1. The van der Waals surface area contributed by atoms with Crippen molar-refractivity contribution in [2.45, 2.75) is 18.9 Å². The highest BCUT2D eigenvalue weighted by molar-refractivity contribution is 5.13. The number of pyridine rings is 1. The van der Waals surface area contributed by atoms with Gasteiger partial charge in [-0.1, -0.05) is 11.2 Å². The summed E-state index contributed by atoms with van der Waals surface area (Å²) in [5.74, 6) is 1.32. The van der Waals surface area contributed by atoms with E-state index in [1.54, 1.807) is 6.20 Å². The summed E-state index contributed by atoms with van der Waals surface area (Å²) in [6.45, 7) is 2.48. The first-order valence-corrected chi connectivity index (χ1v) is 6.43. The van der Waals surface area contributed by atoms with Gasteiger partial charge in [-0.2, -0.15) is 4.98 Å². The van der Waals surface area contributed by atoms with Crippen LogP contribution in [0.3, 0.4) is 0 Å². The molecule has 1 aliphatic rings. The minimum Gasteiger partial charge on any atom is -0.375 e. The fourth-order valence-corrected chi connectivity index (χ4v) is 2.08. The highest BCUT2D eigenvalue weighted by Gasteiger charge is 2.17. The lowest BCUT2D eigenvalue weighted by molar-refractivity contribution is 0.0246. The van der Waals surface area contributed by atoms with Crippen molar-refractivity contribution in [1.82, 2.24) is 20.4 Å². The zero-order valence-electron chi connectivity index (χ0n) is 10.6. The van der Waals surface area contributed by atoms with Gasteiger partial charge in [-0.05, 0) is 11.6 Å². The van der Waals surface area contributed by atoms with Crippen molar-refractivity contribution >= 4 is 0 Å². The number of nitrogens with zero attached hydrogens (tertiary/aromatic N) is 3. The molecular formula is C13H16N4O2. The summed E-state index contributed by atoms with van der Waals surface area (Å²) >= 11 is 0. The first-order valence-electron chi connectivity index (χ1n) is 6.43. The molecule has 3 rings (SSSR count). The topological polar surface area (TPSA) is 73.1 Å². The molecule has 1 aliphatic heterocycles. The van der Waals surface area contributed by atoms with Crippen molar-refractivity contribution < 1.29 is 9.26 Å². The van der Waals surface area contributed by atoms with Gasteiger partial charge in [-0.15, -0.1) is 0 Å². The van der Waals surface area contributed by atoms with E-state index < -0.39 is 0 Å². The molecule has 0 saturated carbocycles. The molecule has 0 aromatic carbocycles. The van der Waals surface area contributed by atoms with Gasteiger partial charge in [0.15, 0.2) is 5.82 Å². The summed E-state index contributed by atoms with van der Waals surface area (Å²) in [6.07, 6.45) is 4.98. The Labute approximate surface area is 111 Å². The average Bonchev–Trinajstić information content (AvgIpc) is 2.88. The average molecular weight is 260 g/mol. The maximum absolute atomic E-state index is 5.61.